The van der Waals surface area contributed by atoms with Crippen molar-refractivity contribution in [1.82, 2.24) is 5.32 Å². The van der Waals surface area contributed by atoms with Crippen molar-refractivity contribution in [3.8, 4) is 0 Å². The van der Waals surface area contributed by atoms with Gasteiger partial charge in [-0.05, 0) is 29.5 Å². The predicted molar refractivity (Wildman–Crippen MR) is 64.3 cm³/mol. The summed E-state index contributed by atoms with van der Waals surface area (Å²) in [5.41, 5.74) is 0.565. The SMILES string of the molecule is NC(=O)C(NCC(F)(F)F)c1ccc(SC(F)(F)F)cc1. The molecule has 3 N–H and O–H groups in total. The summed E-state index contributed by atoms with van der Waals surface area (Å²) in [4.78, 5) is 11.0. The smallest absolute Gasteiger partial charge is 0.368 e. The zero-order valence-electron chi connectivity index (χ0n) is 10.3. The molecule has 21 heavy (non-hydrogen) atoms. The summed E-state index contributed by atoms with van der Waals surface area (Å²) in [6, 6.07) is 2.91. The molecule has 118 valence electrons. The molecule has 0 radical (unpaired) electrons. The number of benzene rings is 1. The van der Waals surface area contributed by atoms with E-state index in [1.165, 1.54) is 0 Å². The molecule has 1 amide bonds. The Balaban J connectivity index is 2.83. The Morgan fingerprint density at radius 2 is 1.67 bits per heavy atom. The first-order chi connectivity index (χ1) is 9.48. The van der Waals surface area contributed by atoms with Gasteiger partial charge in [0.15, 0.2) is 0 Å². The third kappa shape index (κ3) is 6.71. The highest BCUT2D eigenvalue weighted by molar-refractivity contribution is 8.00. The number of alkyl halides is 6. The van der Waals surface area contributed by atoms with Crippen molar-refractivity contribution in [3.05, 3.63) is 29.8 Å². The maximum absolute atomic E-state index is 12.1. The second kappa shape index (κ2) is 6.56. The molecule has 1 atom stereocenters. The number of hydrogen-bond donors (Lipinski definition) is 2. The third-order valence-corrected chi connectivity index (χ3v) is 2.98. The molecule has 0 bridgehead atoms. The zero-order valence-corrected chi connectivity index (χ0v) is 11.1. The number of thioether (sulfide) groups is 1. The van der Waals surface area contributed by atoms with Crippen LogP contribution in [0.1, 0.15) is 11.6 Å². The summed E-state index contributed by atoms with van der Waals surface area (Å²) >= 11 is -0.369. The largest absolute Gasteiger partial charge is 0.446 e. The molecular weight excluding hydrogens is 322 g/mol. The first-order valence-electron chi connectivity index (χ1n) is 5.43. The molecule has 0 fully saturated rings. The topological polar surface area (TPSA) is 55.1 Å². The fourth-order valence-electron chi connectivity index (χ4n) is 1.46. The van der Waals surface area contributed by atoms with Crippen LogP contribution in [0, 0.1) is 0 Å². The normalized spacial score (nSPS) is 14.0. The molecule has 1 aromatic rings. The predicted octanol–water partition coefficient (Wildman–Crippen LogP) is 2.98. The molecule has 10 heteroatoms. The zero-order chi connectivity index (χ0) is 16.3. The van der Waals surface area contributed by atoms with E-state index in [2.05, 4.69) is 0 Å². The average Bonchev–Trinajstić information content (AvgIpc) is 2.27. The average molecular weight is 332 g/mol. The minimum atomic E-state index is -4.54. The monoisotopic (exact) mass is 332 g/mol. The molecule has 0 saturated heterocycles. The van der Waals surface area contributed by atoms with Gasteiger partial charge in [0.2, 0.25) is 5.91 Å². The van der Waals surface area contributed by atoms with Gasteiger partial charge in [-0.3, -0.25) is 10.1 Å². The van der Waals surface area contributed by atoms with Crippen molar-refractivity contribution < 1.29 is 31.1 Å². The number of primary amides is 1. The van der Waals surface area contributed by atoms with E-state index < -0.39 is 30.2 Å². The highest BCUT2D eigenvalue weighted by Crippen LogP contribution is 2.37. The van der Waals surface area contributed by atoms with Crippen molar-refractivity contribution in [2.24, 2.45) is 5.73 Å². The van der Waals surface area contributed by atoms with E-state index in [4.69, 9.17) is 5.73 Å². The van der Waals surface area contributed by atoms with Crippen LogP contribution in [0.5, 0.6) is 0 Å². The lowest BCUT2D eigenvalue weighted by molar-refractivity contribution is -0.130. The second-order valence-corrected chi connectivity index (χ2v) is 5.09. The Bertz CT molecular complexity index is 485. The summed E-state index contributed by atoms with van der Waals surface area (Å²) in [7, 11) is 0. The van der Waals surface area contributed by atoms with E-state index in [9.17, 15) is 31.1 Å². The molecule has 0 spiro atoms. The molecule has 3 nitrogen and oxygen atoms in total. The molecule has 0 heterocycles. The molecule has 1 aromatic carbocycles. The number of rotatable bonds is 5. The number of amides is 1. The van der Waals surface area contributed by atoms with Gasteiger partial charge < -0.3 is 5.73 Å². The lowest BCUT2D eigenvalue weighted by Crippen LogP contribution is -2.38. The summed E-state index contributed by atoms with van der Waals surface area (Å²) < 4.78 is 72.7. The van der Waals surface area contributed by atoms with Crippen molar-refractivity contribution >= 4 is 17.7 Å². The van der Waals surface area contributed by atoms with Crippen LogP contribution in [0.25, 0.3) is 0 Å². The molecule has 0 saturated carbocycles. The fourth-order valence-corrected chi connectivity index (χ4v) is 2.00. The second-order valence-electron chi connectivity index (χ2n) is 3.95. The Kier molecular flexibility index (Phi) is 5.51. The quantitative estimate of drug-likeness (QED) is 0.644. The van der Waals surface area contributed by atoms with Gasteiger partial charge in [0.25, 0.3) is 0 Å². The van der Waals surface area contributed by atoms with Crippen LogP contribution in [0.15, 0.2) is 29.2 Å². The Morgan fingerprint density at radius 3 is 2.05 bits per heavy atom. The van der Waals surface area contributed by atoms with E-state index >= 15 is 0 Å². The summed E-state index contributed by atoms with van der Waals surface area (Å²) in [5.74, 6) is -1.06. The van der Waals surface area contributed by atoms with Crippen molar-refractivity contribution in [3.63, 3.8) is 0 Å². The highest BCUT2D eigenvalue weighted by atomic mass is 32.2. The summed E-state index contributed by atoms with van der Waals surface area (Å²) in [6.07, 6.45) is -4.54. The maximum atomic E-state index is 12.1. The maximum Gasteiger partial charge on any atom is 0.446 e. The summed E-state index contributed by atoms with van der Waals surface area (Å²) in [5, 5.41) is 1.91. The van der Waals surface area contributed by atoms with Crippen LogP contribution in [-0.4, -0.2) is 24.1 Å². The van der Waals surface area contributed by atoms with Crippen LogP contribution in [0.4, 0.5) is 26.3 Å². The molecule has 0 aromatic heterocycles. The lowest BCUT2D eigenvalue weighted by atomic mass is 10.1. The first kappa shape index (κ1) is 17.6. The lowest BCUT2D eigenvalue weighted by Gasteiger charge is -2.17. The van der Waals surface area contributed by atoms with Crippen LogP contribution >= 0.6 is 11.8 Å². The molecule has 0 aliphatic carbocycles. The van der Waals surface area contributed by atoms with Gasteiger partial charge in [0, 0.05) is 4.90 Å². The van der Waals surface area contributed by atoms with Crippen molar-refractivity contribution in [2.45, 2.75) is 22.6 Å². The van der Waals surface area contributed by atoms with Crippen LogP contribution in [0.2, 0.25) is 0 Å². The minimum Gasteiger partial charge on any atom is -0.368 e. The van der Waals surface area contributed by atoms with Crippen molar-refractivity contribution in [2.75, 3.05) is 6.54 Å². The van der Waals surface area contributed by atoms with Crippen LogP contribution in [0.3, 0.4) is 0 Å². The van der Waals surface area contributed by atoms with Crippen LogP contribution < -0.4 is 11.1 Å². The van der Waals surface area contributed by atoms with Crippen molar-refractivity contribution in [1.29, 1.82) is 0 Å². The number of nitrogens with one attached hydrogen (secondary N) is 1. The molecule has 1 unspecified atom stereocenters. The van der Waals surface area contributed by atoms with Gasteiger partial charge in [-0.1, -0.05) is 12.1 Å². The summed E-state index contributed by atoms with van der Waals surface area (Å²) in [6.45, 7) is -1.44. The molecule has 0 aliphatic rings. The van der Waals surface area contributed by atoms with E-state index in [-0.39, 0.29) is 22.2 Å². The van der Waals surface area contributed by atoms with Gasteiger partial charge in [-0.2, -0.15) is 26.3 Å². The van der Waals surface area contributed by atoms with E-state index in [0.717, 1.165) is 24.3 Å². The van der Waals surface area contributed by atoms with E-state index in [1.54, 1.807) is 0 Å². The van der Waals surface area contributed by atoms with E-state index in [0.29, 0.717) is 0 Å². The van der Waals surface area contributed by atoms with Gasteiger partial charge >= 0.3 is 11.7 Å². The standard InChI is InChI=1S/C11H10F6N2OS/c12-10(13,14)5-19-8(9(18)20)6-1-3-7(4-2-6)21-11(15,16)17/h1-4,8,19H,5H2,(H2,18,20). The minimum absolute atomic E-state index is 0.0540. The number of hydrogen-bond acceptors (Lipinski definition) is 3. The third-order valence-electron chi connectivity index (χ3n) is 2.24. The first-order valence-corrected chi connectivity index (χ1v) is 6.25. The number of carbonyl (C=O) groups excluding carboxylic acids is 1. The van der Waals surface area contributed by atoms with Gasteiger partial charge in [0.05, 0.1) is 6.54 Å². The van der Waals surface area contributed by atoms with Gasteiger partial charge in [-0.15, -0.1) is 0 Å². The molecule has 0 aliphatic heterocycles. The number of halogens is 6. The van der Waals surface area contributed by atoms with Crippen LogP contribution in [-0.2, 0) is 4.79 Å². The highest BCUT2D eigenvalue weighted by Gasteiger charge is 2.31. The molecular formula is C11H10F6N2OS. The number of nitrogens with two attached hydrogens (primary N) is 1. The Hall–Kier alpha value is -1.42. The molecule has 1 rings (SSSR count). The fraction of sp³-hybridized carbons (Fsp3) is 0.364. The van der Waals surface area contributed by atoms with Gasteiger partial charge in [-0.25, -0.2) is 0 Å². The number of carbonyl (C=O) groups is 1. The Labute approximate surface area is 119 Å². The van der Waals surface area contributed by atoms with Gasteiger partial charge in [0.1, 0.15) is 6.04 Å². The Morgan fingerprint density at radius 1 is 1.14 bits per heavy atom. The van der Waals surface area contributed by atoms with E-state index in [1.807, 2.05) is 5.32 Å².